The summed E-state index contributed by atoms with van der Waals surface area (Å²) in [5.74, 6) is 0.171. The van der Waals surface area contributed by atoms with Crippen LogP contribution in [-0.4, -0.2) is 12.0 Å². The molecule has 2 aromatic carbocycles. The normalized spacial score (nSPS) is 10.4. The number of nitro benzene ring substituents is 1. The molecule has 0 aliphatic carbocycles. The van der Waals surface area contributed by atoms with Gasteiger partial charge < -0.3 is 10.1 Å². The molecule has 0 amide bonds. The van der Waals surface area contributed by atoms with Gasteiger partial charge in [0.25, 0.3) is 5.69 Å². The lowest BCUT2D eigenvalue weighted by Crippen LogP contribution is -2.13. The fourth-order valence-electron chi connectivity index (χ4n) is 1.94. The summed E-state index contributed by atoms with van der Waals surface area (Å²) in [6, 6.07) is 11.1. The van der Waals surface area contributed by atoms with Crippen molar-refractivity contribution in [1.29, 1.82) is 0 Å². The Labute approximate surface area is 121 Å². The van der Waals surface area contributed by atoms with E-state index in [1.54, 1.807) is 7.11 Å². The zero-order chi connectivity index (χ0) is 15.2. The van der Waals surface area contributed by atoms with Crippen LogP contribution < -0.4 is 10.1 Å². The Bertz CT molecular complexity index is 629. The van der Waals surface area contributed by atoms with E-state index >= 15 is 0 Å². The third-order valence-corrected chi connectivity index (χ3v) is 2.97. The maximum atomic E-state index is 13.3. The number of hydrogen-bond acceptors (Lipinski definition) is 4. The molecule has 0 aliphatic rings. The number of halogens is 1. The van der Waals surface area contributed by atoms with Crippen molar-refractivity contribution in [2.45, 2.75) is 13.1 Å². The van der Waals surface area contributed by atoms with Crippen molar-refractivity contribution in [1.82, 2.24) is 5.32 Å². The lowest BCUT2D eigenvalue weighted by atomic mass is 10.1. The second-order valence-electron chi connectivity index (χ2n) is 4.53. The Morgan fingerprint density at radius 1 is 1.14 bits per heavy atom. The summed E-state index contributed by atoms with van der Waals surface area (Å²) < 4.78 is 18.3. The van der Waals surface area contributed by atoms with Gasteiger partial charge in [-0.2, -0.15) is 0 Å². The summed E-state index contributed by atoms with van der Waals surface area (Å²) in [5, 5.41) is 13.8. The average Bonchev–Trinajstić information content (AvgIpc) is 2.47. The summed E-state index contributed by atoms with van der Waals surface area (Å²) >= 11 is 0. The topological polar surface area (TPSA) is 64.4 Å². The Balaban J connectivity index is 1.95. The quantitative estimate of drug-likeness (QED) is 0.656. The molecule has 0 saturated heterocycles. The number of benzene rings is 2. The van der Waals surface area contributed by atoms with Crippen LogP contribution in [0, 0.1) is 15.9 Å². The predicted octanol–water partition coefficient (Wildman–Crippen LogP) is 3.03. The lowest BCUT2D eigenvalue weighted by Gasteiger charge is -2.06. The van der Waals surface area contributed by atoms with Crippen molar-refractivity contribution < 1.29 is 14.1 Å². The molecule has 6 heteroatoms. The van der Waals surface area contributed by atoms with Crippen molar-refractivity contribution in [3.8, 4) is 5.75 Å². The van der Waals surface area contributed by atoms with E-state index in [1.807, 2.05) is 24.3 Å². The smallest absolute Gasteiger partial charge is 0.272 e. The van der Waals surface area contributed by atoms with Gasteiger partial charge in [0.2, 0.25) is 0 Å². The fraction of sp³-hybridized carbons (Fsp3) is 0.200. The molecule has 0 radical (unpaired) electrons. The van der Waals surface area contributed by atoms with E-state index in [9.17, 15) is 14.5 Å². The van der Waals surface area contributed by atoms with E-state index in [2.05, 4.69) is 5.32 Å². The van der Waals surface area contributed by atoms with Crippen LogP contribution in [-0.2, 0) is 13.1 Å². The molecule has 0 bridgehead atoms. The van der Waals surface area contributed by atoms with Crippen LogP contribution in [0.4, 0.5) is 10.1 Å². The summed E-state index contributed by atoms with van der Waals surface area (Å²) in [4.78, 5) is 10.1. The molecule has 0 aliphatic heterocycles. The minimum Gasteiger partial charge on any atom is -0.497 e. The summed E-state index contributed by atoms with van der Waals surface area (Å²) in [7, 11) is 1.60. The second-order valence-corrected chi connectivity index (χ2v) is 4.53. The molecule has 0 fully saturated rings. The van der Waals surface area contributed by atoms with Crippen molar-refractivity contribution in [2.24, 2.45) is 0 Å². The van der Waals surface area contributed by atoms with Crippen LogP contribution in [0.3, 0.4) is 0 Å². The zero-order valence-electron chi connectivity index (χ0n) is 11.5. The maximum Gasteiger partial charge on any atom is 0.272 e. The molecule has 0 atom stereocenters. The van der Waals surface area contributed by atoms with Gasteiger partial charge in [-0.25, -0.2) is 4.39 Å². The van der Waals surface area contributed by atoms with Crippen molar-refractivity contribution in [3.05, 3.63) is 69.5 Å². The first-order valence-electron chi connectivity index (χ1n) is 6.36. The molecule has 0 heterocycles. The summed E-state index contributed by atoms with van der Waals surface area (Å²) in [6.45, 7) is 0.929. The van der Waals surface area contributed by atoms with Gasteiger partial charge in [0, 0.05) is 19.2 Å². The van der Waals surface area contributed by atoms with E-state index in [0.29, 0.717) is 18.7 Å². The van der Waals surface area contributed by atoms with Crippen molar-refractivity contribution >= 4 is 5.69 Å². The third kappa shape index (κ3) is 4.25. The molecule has 5 nitrogen and oxygen atoms in total. The lowest BCUT2D eigenvalue weighted by molar-refractivity contribution is -0.385. The van der Waals surface area contributed by atoms with E-state index in [-0.39, 0.29) is 5.69 Å². The zero-order valence-corrected chi connectivity index (χ0v) is 11.5. The molecule has 2 rings (SSSR count). The number of hydrogen-bond donors (Lipinski definition) is 1. The van der Waals surface area contributed by atoms with Crippen LogP contribution in [0.15, 0.2) is 42.5 Å². The van der Waals surface area contributed by atoms with E-state index in [1.165, 1.54) is 12.1 Å². The van der Waals surface area contributed by atoms with Gasteiger partial charge in [0.05, 0.1) is 18.1 Å². The Morgan fingerprint density at radius 3 is 2.43 bits per heavy atom. The predicted molar refractivity (Wildman–Crippen MR) is 76.6 cm³/mol. The number of nitrogens with one attached hydrogen (secondary N) is 1. The highest BCUT2D eigenvalue weighted by Crippen LogP contribution is 2.16. The standard InChI is InChI=1S/C15H15FN2O3/c1-21-15-4-2-11(3-5-15)9-17-10-12-6-13(16)8-14(7-12)18(19)20/h2-8,17H,9-10H2,1H3. The molecule has 0 unspecified atom stereocenters. The van der Waals surface area contributed by atoms with Crippen LogP contribution in [0.25, 0.3) is 0 Å². The van der Waals surface area contributed by atoms with Crippen molar-refractivity contribution in [2.75, 3.05) is 7.11 Å². The molecule has 0 saturated carbocycles. The molecule has 2 aromatic rings. The highest BCUT2D eigenvalue weighted by Gasteiger charge is 2.09. The van der Waals surface area contributed by atoms with Crippen LogP contribution >= 0.6 is 0 Å². The number of methoxy groups -OCH3 is 1. The molecule has 0 spiro atoms. The second kappa shape index (κ2) is 6.81. The van der Waals surface area contributed by atoms with Crippen LogP contribution in [0.1, 0.15) is 11.1 Å². The molecular formula is C15H15FN2O3. The fourth-order valence-corrected chi connectivity index (χ4v) is 1.94. The first kappa shape index (κ1) is 14.9. The first-order valence-corrected chi connectivity index (χ1v) is 6.36. The SMILES string of the molecule is COc1ccc(CNCc2cc(F)cc([N+](=O)[O-])c2)cc1. The van der Waals surface area contributed by atoms with Gasteiger partial charge in [-0.3, -0.25) is 10.1 Å². The van der Waals surface area contributed by atoms with Gasteiger partial charge in [-0.1, -0.05) is 12.1 Å². The summed E-state index contributed by atoms with van der Waals surface area (Å²) in [5.41, 5.74) is 1.34. The van der Waals surface area contributed by atoms with Gasteiger partial charge in [-0.05, 0) is 29.3 Å². The van der Waals surface area contributed by atoms with Gasteiger partial charge >= 0.3 is 0 Å². The Kier molecular flexibility index (Phi) is 4.84. The first-order chi connectivity index (χ1) is 10.1. The third-order valence-electron chi connectivity index (χ3n) is 2.97. The highest BCUT2D eigenvalue weighted by molar-refractivity contribution is 5.35. The molecule has 0 aromatic heterocycles. The maximum absolute atomic E-state index is 13.3. The van der Waals surface area contributed by atoms with Gasteiger partial charge in [0.15, 0.2) is 0 Å². The largest absolute Gasteiger partial charge is 0.497 e. The Hall–Kier alpha value is -2.47. The molecule has 110 valence electrons. The number of nitrogens with zero attached hydrogens (tertiary/aromatic N) is 1. The molecule has 1 N–H and O–H groups in total. The van der Waals surface area contributed by atoms with Gasteiger partial charge in [-0.15, -0.1) is 0 Å². The Morgan fingerprint density at radius 2 is 1.81 bits per heavy atom. The molecule has 21 heavy (non-hydrogen) atoms. The van der Waals surface area contributed by atoms with E-state index < -0.39 is 10.7 Å². The summed E-state index contributed by atoms with van der Waals surface area (Å²) in [6.07, 6.45) is 0. The monoisotopic (exact) mass is 290 g/mol. The average molecular weight is 290 g/mol. The minimum absolute atomic E-state index is 0.240. The van der Waals surface area contributed by atoms with Gasteiger partial charge in [0.1, 0.15) is 11.6 Å². The van der Waals surface area contributed by atoms with Crippen LogP contribution in [0.5, 0.6) is 5.75 Å². The minimum atomic E-state index is -0.606. The van der Waals surface area contributed by atoms with Crippen molar-refractivity contribution in [3.63, 3.8) is 0 Å². The van der Waals surface area contributed by atoms with E-state index in [4.69, 9.17) is 4.74 Å². The number of nitro groups is 1. The van der Waals surface area contributed by atoms with Crippen LogP contribution in [0.2, 0.25) is 0 Å². The van der Waals surface area contributed by atoms with E-state index in [0.717, 1.165) is 17.4 Å². The highest BCUT2D eigenvalue weighted by atomic mass is 19.1. The molecular weight excluding hydrogens is 275 g/mol. The number of non-ortho nitro benzene ring substituents is 1. The number of rotatable bonds is 6. The number of ether oxygens (including phenoxy) is 1.